The number of amides is 1. The summed E-state index contributed by atoms with van der Waals surface area (Å²) in [5.41, 5.74) is 0. The van der Waals surface area contributed by atoms with Crippen molar-refractivity contribution < 1.29 is 18.3 Å². The van der Waals surface area contributed by atoms with Crippen LogP contribution < -0.4 is 10.6 Å². The Labute approximate surface area is 81.0 Å². The van der Waals surface area contributed by atoms with E-state index in [1.54, 1.807) is 0 Å². The molecule has 0 aromatic heterocycles. The van der Waals surface area contributed by atoms with E-state index in [0.29, 0.717) is 13.2 Å². The molecule has 6 heteroatoms. The van der Waals surface area contributed by atoms with Crippen molar-refractivity contribution >= 4 is 5.91 Å². The van der Waals surface area contributed by atoms with E-state index in [0.717, 1.165) is 13.0 Å². The van der Waals surface area contributed by atoms with Gasteiger partial charge in [-0.15, -0.1) is 0 Å². The third-order valence-electron chi connectivity index (χ3n) is 1.93. The van der Waals surface area contributed by atoms with Gasteiger partial charge in [0.15, 0.2) is 0 Å². The first-order chi connectivity index (χ1) is 6.70. The molecule has 0 radical (unpaired) electrons. The summed E-state index contributed by atoms with van der Waals surface area (Å²) >= 11 is 0. The lowest BCUT2D eigenvalue weighted by molar-refractivity contribution is -0.132. The fourth-order valence-corrected chi connectivity index (χ4v) is 1.19. The van der Waals surface area contributed by atoms with Gasteiger partial charge in [0.2, 0.25) is 0 Å². The molecule has 1 aliphatic heterocycles. The van der Waals surface area contributed by atoms with Crippen LogP contribution in [0.5, 0.6) is 0 Å². The van der Waals surface area contributed by atoms with Gasteiger partial charge in [-0.05, 0) is 13.0 Å². The van der Waals surface area contributed by atoms with Crippen LogP contribution in [0, 0.1) is 0 Å². The van der Waals surface area contributed by atoms with Gasteiger partial charge < -0.3 is 15.4 Å². The van der Waals surface area contributed by atoms with Gasteiger partial charge in [0, 0.05) is 19.7 Å². The van der Waals surface area contributed by atoms with Gasteiger partial charge in [-0.3, -0.25) is 4.79 Å². The van der Waals surface area contributed by atoms with Crippen LogP contribution in [0.1, 0.15) is 6.42 Å². The lowest BCUT2D eigenvalue weighted by Crippen LogP contribution is -2.40. The average molecular weight is 208 g/mol. The summed E-state index contributed by atoms with van der Waals surface area (Å²) in [6, 6.07) is 0. The van der Waals surface area contributed by atoms with Crippen LogP contribution in [0.4, 0.5) is 8.78 Å². The van der Waals surface area contributed by atoms with E-state index in [1.165, 1.54) is 0 Å². The molecule has 1 rings (SSSR count). The second-order valence-corrected chi connectivity index (χ2v) is 3.10. The largest absolute Gasteiger partial charge is 0.375 e. The molecular formula is C8H14F2N2O2. The predicted octanol–water partition coefficient (Wildman–Crippen LogP) is -0.254. The highest BCUT2D eigenvalue weighted by molar-refractivity contribution is 5.79. The molecule has 0 aromatic rings. The summed E-state index contributed by atoms with van der Waals surface area (Å²) in [6.07, 6.45) is -2.26. The number of ether oxygens (including phenoxy) is 1. The normalized spacial score (nSPS) is 23.2. The summed E-state index contributed by atoms with van der Waals surface area (Å²) in [4.78, 5) is 10.5. The maximum atomic E-state index is 11.8. The van der Waals surface area contributed by atoms with Crippen molar-refractivity contribution in [3.8, 4) is 0 Å². The highest BCUT2D eigenvalue weighted by Crippen LogP contribution is 1.97. The predicted molar refractivity (Wildman–Crippen MR) is 46.2 cm³/mol. The molecule has 2 N–H and O–H groups in total. The molecule has 0 aliphatic carbocycles. The molecule has 1 atom stereocenters. The standard InChI is InChI=1S/C8H14F2N2O2/c9-7(10)8(13)12-5-6-4-11-2-1-3-14-6/h6-7,11H,1-5H2,(H,12,13). The molecule has 1 aliphatic rings. The zero-order valence-electron chi connectivity index (χ0n) is 7.76. The van der Waals surface area contributed by atoms with Gasteiger partial charge in [-0.25, -0.2) is 0 Å². The molecule has 1 unspecified atom stereocenters. The molecule has 14 heavy (non-hydrogen) atoms. The lowest BCUT2D eigenvalue weighted by atomic mass is 10.3. The van der Waals surface area contributed by atoms with Crippen molar-refractivity contribution in [3.63, 3.8) is 0 Å². The zero-order valence-corrected chi connectivity index (χ0v) is 7.76. The van der Waals surface area contributed by atoms with Crippen molar-refractivity contribution in [2.45, 2.75) is 19.0 Å². The number of nitrogens with one attached hydrogen (secondary N) is 2. The quantitative estimate of drug-likeness (QED) is 0.672. The number of halogens is 2. The first-order valence-corrected chi connectivity index (χ1v) is 4.58. The molecule has 4 nitrogen and oxygen atoms in total. The Hall–Kier alpha value is -0.750. The van der Waals surface area contributed by atoms with Gasteiger partial charge >= 0.3 is 6.43 Å². The molecule has 1 heterocycles. The van der Waals surface area contributed by atoms with E-state index in [4.69, 9.17) is 4.74 Å². The van der Waals surface area contributed by atoms with Crippen LogP contribution in [0.25, 0.3) is 0 Å². The Morgan fingerprint density at radius 3 is 3.14 bits per heavy atom. The maximum absolute atomic E-state index is 11.8. The second kappa shape index (κ2) is 5.87. The average Bonchev–Trinajstić information content (AvgIpc) is 2.42. The van der Waals surface area contributed by atoms with Crippen molar-refractivity contribution in [3.05, 3.63) is 0 Å². The summed E-state index contributed by atoms with van der Waals surface area (Å²) in [5, 5.41) is 5.21. The molecule has 0 bridgehead atoms. The monoisotopic (exact) mass is 208 g/mol. The van der Waals surface area contributed by atoms with E-state index in [2.05, 4.69) is 10.6 Å². The first-order valence-electron chi connectivity index (χ1n) is 4.58. The van der Waals surface area contributed by atoms with Crippen molar-refractivity contribution in [2.24, 2.45) is 0 Å². The molecular weight excluding hydrogens is 194 g/mol. The van der Waals surface area contributed by atoms with E-state index in [9.17, 15) is 13.6 Å². The molecule has 1 fully saturated rings. The Kier molecular flexibility index (Phi) is 4.75. The molecule has 0 aromatic carbocycles. The third-order valence-corrected chi connectivity index (χ3v) is 1.93. The van der Waals surface area contributed by atoms with E-state index in [1.807, 2.05) is 0 Å². The summed E-state index contributed by atoms with van der Waals surface area (Å²) in [7, 11) is 0. The van der Waals surface area contributed by atoms with Gasteiger partial charge in [-0.2, -0.15) is 8.78 Å². The van der Waals surface area contributed by atoms with Gasteiger partial charge in [0.25, 0.3) is 5.91 Å². The minimum absolute atomic E-state index is 0.135. The van der Waals surface area contributed by atoms with Crippen LogP contribution in [0.15, 0.2) is 0 Å². The van der Waals surface area contributed by atoms with Crippen LogP contribution in [0.3, 0.4) is 0 Å². The number of carbonyl (C=O) groups excluding carboxylic acids is 1. The Balaban J connectivity index is 2.19. The fourth-order valence-electron chi connectivity index (χ4n) is 1.19. The van der Waals surface area contributed by atoms with Crippen molar-refractivity contribution in [2.75, 3.05) is 26.2 Å². The Bertz CT molecular complexity index is 182. The lowest BCUT2D eigenvalue weighted by Gasteiger charge is -2.15. The zero-order chi connectivity index (χ0) is 10.4. The van der Waals surface area contributed by atoms with Crippen LogP contribution in [-0.4, -0.2) is 44.7 Å². The fraction of sp³-hybridized carbons (Fsp3) is 0.875. The second-order valence-electron chi connectivity index (χ2n) is 3.10. The first kappa shape index (κ1) is 11.3. The van der Waals surface area contributed by atoms with Gasteiger partial charge in [-0.1, -0.05) is 0 Å². The van der Waals surface area contributed by atoms with Crippen LogP contribution in [0.2, 0.25) is 0 Å². The molecule has 82 valence electrons. The molecule has 0 saturated carbocycles. The molecule has 0 spiro atoms. The van der Waals surface area contributed by atoms with Crippen molar-refractivity contribution in [1.82, 2.24) is 10.6 Å². The number of hydrogen-bond donors (Lipinski definition) is 2. The van der Waals surface area contributed by atoms with Crippen LogP contribution >= 0.6 is 0 Å². The number of rotatable bonds is 3. The number of hydrogen-bond acceptors (Lipinski definition) is 3. The Morgan fingerprint density at radius 2 is 2.43 bits per heavy atom. The van der Waals surface area contributed by atoms with E-state index >= 15 is 0 Å². The molecule has 1 amide bonds. The summed E-state index contributed by atoms with van der Waals surface area (Å²) < 4.78 is 28.9. The highest BCUT2D eigenvalue weighted by Gasteiger charge is 2.18. The van der Waals surface area contributed by atoms with E-state index < -0.39 is 12.3 Å². The summed E-state index contributed by atoms with van der Waals surface area (Å²) in [5.74, 6) is -1.24. The molecule has 1 saturated heterocycles. The highest BCUT2D eigenvalue weighted by atomic mass is 19.3. The number of carbonyl (C=O) groups is 1. The third kappa shape index (κ3) is 3.97. The Morgan fingerprint density at radius 1 is 1.64 bits per heavy atom. The minimum Gasteiger partial charge on any atom is -0.375 e. The van der Waals surface area contributed by atoms with Gasteiger partial charge in [0.1, 0.15) is 0 Å². The van der Waals surface area contributed by atoms with E-state index in [-0.39, 0.29) is 12.6 Å². The van der Waals surface area contributed by atoms with Crippen molar-refractivity contribution in [1.29, 1.82) is 0 Å². The summed E-state index contributed by atoms with van der Waals surface area (Å²) in [6.45, 7) is 2.18. The topological polar surface area (TPSA) is 50.4 Å². The minimum atomic E-state index is -2.95. The van der Waals surface area contributed by atoms with Gasteiger partial charge in [0.05, 0.1) is 6.10 Å². The SMILES string of the molecule is O=C(NCC1CNCCCO1)C(F)F. The number of alkyl halides is 2. The smallest absolute Gasteiger partial charge is 0.315 e. The maximum Gasteiger partial charge on any atom is 0.315 e. The van der Waals surface area contributed by atoms with Crippen LogP contribution in [-0.2, 0) is 9.53 Å².